The van der Waals surface area contributed by atoms with Gasteiger partial charge in [0.05, 0.1) is 0 Å². The van der Waals surface area contributed by atoms with Gasteiger partial charge in [-0.25, -0.2) is 9.79 Å². The van der Waals surface area contributed by atoms with Gasteiger partial charge in [0.25, 0.3) is 5.91 Å². The van der Waals surface area contributed by atoms with Gasteiger partial charge in [-0.3, -0.25) is 10.1 Å². The lowest BCUT2D eigenvalue weighted by Gasteiger charge is -2.36. The maximum absolute atomic E-state index is 12.5. The van der Waals surface area contributed by atoms with Gasteiger partial charge in [-0.05, 0) is 24.8 Å². The van der Waals surface area contributed by atoms with Crippen LogP contribution in [0.4, 0.5) is 4.79 Å². The SMILES string of the molecule is CCCCSC1=NC2C(C(=O)NC(=O)N2C)N1CCCc1ccccc1. The monoisotopic (exact) mass is 374 g/mol. The van der Waals surface area contributed by atoms with Gasteiger partial charge in [-0.2, -0.15) is 0 Å². The lowest BCUT2D eigenvalue weighted by atomic mass is 10.1. The molecule has 1 saturated heterocycles. The van der Waals surface area contributed by atoms with Crippen molar-refractivity contribution in [2.24, 2.45) is 4.99 Å². The molecular weight excluding hydrogens is 348 g/mol. The topological polar surface area (TPSA) is 65.0 Å². The minimum Gasteiger partial charge on any atom is -0.336 e. The van der Waals surface area contributed by atoms with Crippen molar-refractivity contribution in [1.29, 1.82) is 0 Å². The molecule has 26 heavy (non-hydrogen) atoms. The van der Waals surface area contributed by atoms with Crippen molar-refractivity contribution < 1.29 is 9.59 Å². The first-order valence-corrected chi connectivity index (χ1v) is 10.2. The standard InChI is InChI=1S/C19H26N4O2S/c1-3-4-13-26-19-20-16-15(17(24)21-18(25)22(16)2)23(19)12-8-11-14-9-6-5-7-10-14/h5-7,9-10,15-16H,3-4,8,11-13H2,1-2H3,(H,21,24,25). The third kappa shape index (κ3) is 4.03. The summed E-state index contributed by atoms with van der Waals surface area (Å²) in [6.45, 7) is 2.91. The van der Waals surface area contributed by atoms with Crippen LogP contribution in [-0.2, 0) is 11.2 Å². The molecule has 3 amide bonds. The summed E-state index contributed by atoms with van der Waals surface area (Å²) in [6.07, 6.45) is 3.71. The fourth-order valence-electron chi connectivity index (χ4n) is 3.26. The van der Waals surface area contributed by atoms with Crippen LogP contribution in [0, 0.1) is 0 Å². The molecule has 2 aliphatic rings. The van der Waals surface area contributed by atoms with E-state index in [0.717, 1.165) is 43.1 Å². The molecule has 0 aliphatic carbocycles. The molecule has 1 fully saturated rings. The van der Waals surface area contributed by atoms with Gasteiger partial charge >= 0.3 is 6.03 Å². The molecule has 0 radical (unpaired) electrons. The molecule has 2 aliphatic heterocycles. The van der Waals surface area contributed by atoms with Crippen molar-refractivity contribution >= 4 is 28.9 Å². The summed E-state index contributed by atoms with van der Waals surface area (Å²) >= 11 is 1.69. The van der Waals surface area contributed by atoms with Crippen LogP contribution in [0.3, 0.4) is 0 Å². The molecule has 0 saturated carbocycles. The number of benzene rings is 1. The van der Waals surface area contributed by atoms with Crippen molar-refractivity contribution in [2.45, 2.75) is 44.8 Å². The van der Waals surface area contributed by atoms with Crippen molar-refractivity contribution in [3.8, 4) is 0 Å². The zero-order valence-corrected chi connectivity index (χ0v) is 16.2. The second-order valence-corrected chi connectivity index (χ2v) is 7.72. The number of urea groups is 1. The first-order chi connectivity index (χ1) is 12.6. The van der Waals surface area contributed by atoms with Crippen LogP contribution in [0.15, 0.2) is 35.3 Å². The Labute approximate surface area is 159 Å². The van der Waals surface area contributed by atoms with Crippen LogP contribution in [0.2, 0.25) is 0 Å². The number of fused-ring (bicyclic) bond motifs is 1. The molecule has 0 aromatic heterocycles. The van der Waals surface area contributed by atoms with Crippen molar-refractivity contribution in [1.82, 2.24) is 15.1 Å². The highest BCUT2D eigenvalue weighted by molar-refractivity contribution is 8.13. The molecule has 2 atom stereocenters. The quantitative estimate of drug-likeness (QED) is 0.746. The van der Waals surface area contributed by atoms with Crippen LogP contribution < -0.4 is 5.32 Å². The first kappa shape index (κ1) is 18.8. The van der Waals surface area contributed by atoms with Crippen molar-refractivity contribution in [3.05, 3.63) is 35.9 Å². The number of hydrogen-bond donors (Lipinski definition) is 1. The van der Waals surface area contributed by atoms with Gasteiger partial charge in [0.2, 0.25) is 0 Å². The molecule has 140 valence electrons. The van der Waals surface area contributed by atoms with E-state index in [-0.39, 0.29) is 11.9 Å². The van der Waals surface area contributed by atoms with E-state index < -0.39 is 12.2 Å². The van der Waals surface area contributed by atoms with E-state index in [1.54, 1.807) is 18.8 Å². The number of carbonyl (C=O) groups excluding carboxylic acids is 2. The first-order valence-electron chi connectivity index (χ1n) is 9.20. The van der Waals surface area contributed by atoms with E-state index in [1.807, 2.05) is 18.2 Å². The maximum Gasteiger partial charge on any atom is 0.325 e. The average molecular weight is 375 g/mol. The number of unbranched alkanes of at least 4 members (excludes halogenated alkanes) is 1. The molecule has 0 bridgehead atoms. The second-order valence-electron chi connectivity index (χ2n) is 6.66. The minimum atomic E-state index is -0.419. The molecule has 7 heteroatoms. The molecule has 0 spiro atoms. The zero-order chi connectivity index (χ0) is 18.5. The highest BCUT2D eigenvalue weighted by Crippen LogP contribution is 2.29. The number of likely N-dealkylation sites (N-methyl/N-ethyl adjacent to an activating group) is 1. The minimum absolute atomic E-state index is 0.243. The Morgan fingerprint density at radius 2 is 1.96 bits per heavy atom. The second kappa shape index (κ2) is 8.58. The molecular formula is C19H26N4O2S. The van der Waals surface area contributed by atoms with Gasteiger partial charge < -0.3 is 9.80 Å². The van der Waals surface area contributed by atoms with E-state index >= 15 is 0 Å². The smallest absolute Gasteiger partial charge is 0.325 e. The molecule has 1 aromatic carbocycles. The van der Waals surface area contributed by atoms with Crippen LogP contribution in [-0.4, -0.2) is 58.5 Å². The number of aryl methyl sites for hydroxylation is 1. The summed E-state index contributed by atoms with van der Waals surface area (Å²) in [5, 5.41) is 3.34. The highest BCUT2D eigenvalue weighted by atomic mass is 32.2. The Morgan fingerprint density at radius 1 is 1.19 bits per heavy atom. The van der Waals surface area contributed by atoms with Crippen LogP contribution in [0.5, 0.6) is 0 Å². The average Bonchev–Trinajstić information content (AvgIpc) is 3.00. The van der Waals surface area contributed by atoms with E-state index in [1.165, 1.54) is 10.5 Å². The van der Waals surface area contributed by atoms with Crippen molar-refractivity contribution in [2.75, 3.05) is 19.3 Å². The van der Waals surface area contributed by atoms with Gasteiger partial charge in [0.15, 0.2) is 17.4 Å². The summed E-state index contributed by atoms with van der Waals surface area (Å²) in [4.78, 5) is 32.7. The fraction of sp³-hybridized carbons (Fsp3) is 0.526. The number of carbonyl (C=O) groups is 2. The van der Waals surface area contributed by atoms with Crippen LogP contribution >= 0.6 is 11.8 Å². The lowest BCUT2D eigenvalue weighted by Crippen LogP contribution is -2.63. The summed E-state index contributed by atoms with van der Waals surface area (Å²) < 4.78 is 0. The number of rotatable bonds is 7. The Morgan fingerprint density at radius 3 is 2.69 bits per heavy atom. The lowest BCUT2D eigenvalue weighted by molar-refractivity contribution is -0.127. The zero-order valence-electron chi connectivity index (χ0n) is 15.4. The molecule has 1 N–H and O–H groups in total. The number of amidine groups is 1. The summed E-state index contributed by atoms with van der Waals surface area (Å²) in [5.41, 5.74) is 1.29. The van der Waals surface area contributed by atoms with E-state index in [0.29, 0.717) is 0 Å². The predicted molar refractivity (Wildman–Crippen MR) is 105 cm³/mol. The molecule has 2 unspecified atom stereocenters. The number of thioether (sulfide) groups is 1. The van der Waals surface area contributed by atoms with Crippen LogP contribution in [0.1, 0.15) is 31.7 Å². The van der Waals surface area contributed by atoms with Gasteiger partial charge in [-0.15, -0.1) is 0 Å². The van der Waals surface area contributed by atoms with Gasteiger partial charge in [-0.1, -0.05) is 55.4 Å². The molecule has 2 heterocycles. The Hall–Kier alpha value is -2.02. The molecule has 1 aromatic rings. The van der Waals surface area contributed by atoms with E-state index in [2.05, 4.69) is 29.3 Å². The molecule has 6 nitrogen and oxygen atoms in total. The largest absolute Gasteiger partial charge is 0.336 e. The van der Waals surface area contributed by atoms with Crippen LogP contribution in [0.25, 0.3) is 0 Å². The summed E-state index contributed by atoms with van der Waals surface area (Å²) in [5.74, 6) is 0.733. The number of hydrogen-bond acceptors (Lipinski definition) is 5. The number of nitrogens with zero attached hydrogens (tertiary/aromatic N) is 3. The maximum atomic E-state index is 12.5. The number of amides is 3. The van der Waals surface area contributed by atoms with E-state index in [9.17, 15) is 9.59 Å². The van der Waals surface area contributed by atoms with Gasteiger partial charge in [0, 0.05) is 19.3 Å². The Balaban J connectivity index is 1.69. The Bertz CT molecular complexity index is 679. The third-order valence-electron chi connectivity index (χ3n) is 4.76. The Kier molecular flexibility index (Phi) is 6.19. The molecule has 3 rings (SSSR count). The number of aliphatic imine (C=N–C) groups is 1. The number of nitrogens with one attached hydrogen (secondary N) is 1. The highest BCUT2D eigenvalue weighted by Gasteiger charge is 2.48. The fourth-order valence-corrected chi connectivity index (χ4v) is 4.43. The summed E-state index contributed by atoms with van der Waals surface area (Å²) in [7, 11) is 1.70. The normalized spacial score (nSPS) is 22.3. The predicted octanol–water partition coefficient (Wildman–Crippen LogP) is 2.70. The van der Waals surface area contributed by atoms with Gasteiger partial charge in [0.1, 0.15) is 0 Å². The summed E-state index contributed by atoms with van der Waals surface area (Å²) in [6, 6.07) is 9.56. The van der Waals surface area contributed by atoms with Crippen molar-refractivity contribution in [3.63, 3.8) is 0 Å². The third-order valence-corrected chi connectivity index (χ3v) is 5.85. The number of imide groups is 1. The van der Waals surface area contributed by atoms with E-state index in [4.69, 9.17) is 4.99 Å².